The number of carbonyl (C=O) groups is 1. The molecule has 0 radical (unpaired) electrons. The zero-order chi connectivity index (χ0) is 14.7. The molecule has 0 aromatic carbocycles. The van der Waals surface area contributed by atoms with Crippen LogP contribution in [0.2, 0.25) is 0 Å². The Morgan fingerprint density at radius 2 is 1.59 bits per heavy atom. The van der Waals surface area contributed by atoms with Gasteiger partial charge in [-0.15, -0.1) is 12.4 Å². The highest BCUT2D eigenvalue weighted by Crippen LogP contribution is 2.69. The van der Waals surface area contributed by atoms with Gasteiger partial charge in [-0.2, -0.15) is 0 Å². The van der Waals surface area contributed by atoms with E-state index in [2.05, 4.69) is 24.5 Å². The van der Waals surface area contributed by atoms with Crippen molar-refractivity contribution in [2.45, 2.75) is 71.3 Å². The number of hydrogen-bond acceptors (Lipinski definition) is 2. The van der Waals surface area contributed by atoms with Crippen molar-refractivity contribution >= 4 is 18.3 Å². The van der Waals surface area contributed by atoms with Gasteiger partial charge in [0, 0.05) is 6.04 Å². The summed E-state index contributed by atoms with van der Waals surface area (Å²) in [5.74, 6) is 1.20. The fourth-order valence-electron chi connectivity index (χ4n) is 7.01. The molecule has 1 aliphatic heterocycles. The molecule has 5 fully saturated rings. The fourth-order valence-corrected chi connectivity index (χ4v) is 7.01. The van der Waals surface area contributed by atoms with Crippen LogP contribution in [-0.2, 0) is 4.79 Å². The predicted molar refractivity (Wildman–Crippen MR) is 91.1 cm³/mol. The first-order chi connectivity index (χ1) is 9.91. The third-order valence-corrected chi connectivity index (χ3v) is 6.78. The highest BCUT2D eigenvalue weighted by Gasteiger charge is 2.62. The molecule has 1 heterocycles. The normalized spacial score (nSPS) is 47.1. The average Bonchev–Trinajstić information content (AvgIpc) is 2.35. The zero-order valence-corrected chi connectivity index (χ0v) is 14.9. The summed E-state index contributed by atoms with van der Waals surface area (Å²) in [5.41, 5.74) is 0.826. The smallest absolute Gasteiger partial charge is 0.226 e. The first-order valence-corrected chi connectivity index (χ1v) is 8.92. The van der Waals surface area contributed by atoms with Gasteiger partial charge in [-0.1, -0.05) is 13.8 Å². The van der Waals surface area contributed by atoms with Crippen LogP contribution in [0.15, 0.2) is 0 Å². The van der Waals surface area contributed by atoms with Crippen LogP contribution in [0.1, 0.15) is 65.2 Å². The maximum absolute atomic E-state index is 13.1. The van der Waals surface area contributed by atoms with Crippen molar-refractivity contribution in [2.75, 3.05) is 13.1 Å². The molecule has 22 heavy (non-hydrogen) atoms. The number of hydrogen-bond donors (Lipinski definition) is 2. The van der Waals surface area contributed by atoms with E-state index in [0.29, 0.717) is 22.8 Å². The van der Waals surface area contributed by atoms with Gasteiger partial charge in [0.15, 0.2) is 0 Å². The lowest BCUT2D eigenvalue weighted by Crippen LogP contribution is -2.61. The molecule has 2 N–H and O–H groups in total. The maximum atomic E-state index is 13.1. The molecule has 1 saturated heterocycles. The molecule has 4 heteroatoms. The third kappa shape index (κ3) is 2.69. The number of halogens is 1. The second-order valence-corrected chi connectivity index (χ2v) is 9.41. The van der Waals surface area contributed by atoms with Crippen LogP contribution < -0.4 is 10.6 Å². The molecular formula is C18H31ClN2O. The lowest BCUT2D eigenvalue weighted by molar-refractivity contribution is -0.170. The van der Waals surface area contributed by atoms with Gasteiger partial charge < -0.3 is 10.6 Å². The van der Waals surface area contributed by atoms with Crippen molar-refractivity contribution < 1.29 is 4.79 Å². The minimum atomic E-state index is -0.0339. The van der Waals surface area contributed by atoms with E-state index in [1.54, 1.807) is 0 Å². The van der Waals surface area contributed by atoms with Crippen LogP contribution >= 0.6 is 12.4 Å². The van der Waals surface area contributed by atoms with Crippen molar-refractivity contribution in [1.82, 2.24) is 10.6 Å². The molecule has 5 rings (SSSR count). The summed E-state index contributed by atoms with van der Waals surface area (Å²) in [6.07, 6.45) is 9.72. The Bertz CT molecular complexity index is 442. The number of nitrogens with one attached hydrogen (secondary N) is 2. The molecule has 0 aromatic heterocycles. The Kier molecular flexibility index (Phi) is 4.05. The van der Waals surface area contributed by atoms with Crippen LogP contribution in [0.3, 0.4) is 0 Å². The summed E-state index contributed by atoms with van der Waals surface area (Å²) >= 11 is 0. The summed E-state index contributed by atoms with van der Waals surface area (Å²) in [6.45, 7) is 7.00. The quantitative estimate of drug-likeness (QED) is 0.817. The van der Waals surface area contributed by atoms with Crippen molar-refractivity contribution in [3.63, 3.8) is 0 Å². The van der Waals surface area contributed by atoms with Gasteiger partial charge in [0.1, 0.15) is 0 Å². The predicted octanol–water partition coefficient (Wildman–Crippen LogP) is 3.27. The van der Waals surface area contributed by atoms with Gasteiger partial charge in [0.2, 0.25) is 5.91 Å². The minimum Gasteiger partial charge on any atom is -0.353 e. The van der Waals surface area contributed by atoms with Gasteiger partial charge in [0.05, 0.1) is 5.41 Å². The molecule has 5 aliphatic rings. The van der Waals surface area contributed by atoms with Crippen LogP contribution in [0, 0.1) is 22.2 Å². The standard InChI is InChI=1S/C18H30N2O.ClH/c1-16-7-13-8-17(2,10-16)12-18(9-13,11-16)15(21)20-14-3-5-19-6-4-14;/h13-14,19H,3-12H2,1-2H3,(H,20,21);1H. The molecule has 2 unspecified atom stereocenters. The summed E-state index contributed by atoms with van der Waals surface area (Å²) in [5, 5.41) is 6.82. The molecular weight excluding hydrogens is 296 g/mol. The first kappa shape index (κ1) is 16.6. The Labute approximate surface area is 140 Å². The van der Waals surface area contributed by atoms with E-state index < -0.39 is 0 Å². The van der Waals surface area contributed by atoms with E-state index in [9.17, 15) is 4.79 Å². The van der Waals surface area contributed by atoms with E-state index in [0.717, 1.165) is 51.1 Å². The number of rotatable bonds is 2. The molecule has 126 valence electrons. The maximum Gasteiger partial charge on any atom is 0.226 e. The average molecular weight is 327 g/mol. The van der Waals surface area contributed by atoms with Gasteiger partial charge in [-0.3, -0.25) is 4.79 Å². The second-order valence-electron chi connectivity index (χ2n) is 9.41. The molecule has 4 aliphatic carbocycles. The van der Waals surface area contributed by atoms with Crippen LogP contribution in [0.25, 0.3) is 0 Å². The van der Waals surface area contributed by atoms with Crippen LogP contribution in [0.5, 0.6) is 0 Å². The van der Waals surface area contributed by atoms with E-state index in [1.165, 1.54) is 19.3 Å². The molecule has 1 amide bonds. The second kappa shape index (κ2) is 5.37. The third-order valence-electron chi connectivity index (χ3n) is 6.78. The van der Waals surface area contributed by atoms with E-state index in [-0.39, 0.29) is 17.8 Å². The highest BCUT2D eigenvalue weighted by molar-refractivity contribution is 5.85. The van der Waals surface area contributed by atoms with E-state index in [1.807, 2.05) is 0 Å². The fraction of sp³-hybridized carbons (Fsp3) is 0.944. The van der Waals surface area contributed by atoms with Gasteiger partial charge in [0.25, 0.3) is 0 Å². The summed E-state index contributed by atoms with van der Waals surface area (Å²) in [4.78, 5) is 13.1. The Morgan fingerprint density at radius 3 is 2.14 bits per heavy atom. The number of carbonyl (C=O) groups excluding carboxylic acids is 1. The molecule has 0 aromatic rings. The van der Waals surface area contributed by atoms with Gasteiger partial charge in [-0.25, -0.2) is 0 Å². The summed E-state index contributed by atoms with van der Waals surface area (Å²) in [6, 6.07) is 0.410. The Morgan fingerprint density at radius 1 is 1.00 bits per heavy atom. The van der Waals surface area contributed by atoms with Crippen molar-refractivity contribution in [2.24, 2.45) is 22.2 Å². The highest BCUT2D eigenvalue weighted by atomic mass is 35.5. The number of piperidine rings is 1. The topological polar surface area (TPSA) is 41.1 Å². The summed E-state index contributed by atoms with van der Waals surface area (Å²) < 4.78 is 0. The lowest BCUT2D eigenvalue weighted by Gasteiger charge is -2.64. The van der Waals surface area contributed by atoms with Crippen LogP contribution in [0.4, 0.5) is 0 Å². The largest absolute Gasteiger partial charge is 0.353 e. The van der Waals surface area contributed by atoms with E-state index >= 15 is 0 Å². The molecule has 3 nitrogen and oxygen atoms in total. The Hall–Kier alpha value is -0.280. The van der Waals surface area contributed by atoms with Crippen molar-refractivity contribution in [3.05, 3.63) is 0 Å². The number of amides is 1. The monoisotopic (exact) mass is 326 g/mol. The minimum absolute atomic E-state index is 0. The molecule has 4 bridgehead atoms. The lowest BCUT2D eigenvalue weighted by atomic mass is 9.40. The molecule has 2 atom stereocenters. The molecule has 4 saturated carbocycles. The van der Waals surface area contributed by atoms with E-state index in [4.69, 9.17) is 0 Å². The molecule has 0 spiro atoms. The van der Waals surface area contributed by atoms with Crippen molar-refractivity contribution in [3.8, 4) is 0 Å². The zero-order valence-electron chi connectivity index (χ0n) is 14.0. The SMILES string of the molecule is CC12CC3CC(C)(C1)CC(C(=O)NC1CCNCC1)(C3)C2.Cl. The van der Waals surface area contributed by atoms with Crippen LogP contribution in [-0.4, -0.2) is 25.0 Å². The Balaban J connectivity index is 0.00000144. The van der Waals surface area contributed by atoms with Crippen molar-refractivity contribution in [1.29, 1.82) is 0 Å². The first-order valence-electron chi connectivity index (χ1n) is 8.92. The van der Waals surface area contributed by atoms with Gasteiger partial charge >= 0.3 is 0 Å². The van der Waals surface area contributed by atoms with Gasteiger partial charge in [-0.05, 0) is 81.2 Å². The summed E-state index contributed by atoms with van der Waals surface area (Å²) in [7, 11) is 0.